The van der Waals surface area contributed by atoms with Crippen LogP contribution in [0.4, 0.5) is 4.79 Å². The van der Waals surface area contributed by atoms with Crippen LogP contribution in [0.25, 0.3) is 0 Å². The highest BCUT2D eigenvalue weighted by Crippen LogP contribution is 2.14. The molecule has 132 valence electrons. The topological polar surface area (TPSA) is 66.9 Å². The minimum atomic E-state index is -0.142. The molecular weight excluding hydrogens is 308 g/mol. The highest BCUT2D eigenvalue weighted by molar-refractivity contribution is 5.74. The van der Waals surface area contributed by atoms with Crippen LogP contribution in [0.3, 0.4) is 0 Å². The van der Waals surface area contributed by atoms with Crippen LogP contribution in [0.15, 0.2) is 24.4 Å². The molecular formula is C17H26N4O3. The van der Waals surface area contributed by atoms with Gasteiger partial charge < -0.3 is 24.6 Å². The summed E-state index contributed by atoms with van der Waals surface area (Å²) in [5.74, 6) is 0. The standard InChI is InChI=1S/C17H26N4O3/c1-20-7-9-21(10-8-20)17(22)19-15-5-11-23-13-16(15)24-12-14-4-2-3-6-18-14/h2-4,6,15-16H,5,7-13H2,1H3,(H,19,22)/t15-,16-/m1/s1. The molecule has 0 radical (unpaired) electrons. The first-order chi connectivity index (χ1) is 11.7. The van der Waals surface area contributed by atoms with E-state index in [-0.39, 0.29) is 18.2 Å². The molecule has 24 heavy (non-hydrogen) atoms. The first-order valence-corrected chi connectivity index (χ1v) is 8.55. The van der Waals surface area contributed by atoms with Crippen molar-refractivity contribution < 1.29 is 14.3 Å². The van der Waals surface area contributed by atoms with Gasteiger partial charge in [-0.25, -0.2) is 4.79 Å². The zero-order valence-corrected chi connectivity index (χ0v) is 14.2. The van der Waals surface area contributed by atoms with Crippen molar-refractivity contribution in [2.24, 2.45) is 0 Å². The van der Waals surface area contributed by atoms with E-state index in [1.54, 1.807) is 6.20 Å². The van der Waals surface area contributed by atoms with E-state index < -0.39 is 0 Å². The number of nitrogens with one attached hydrogen (secondary N) is 1. The number of amides is 2. The molecule has 2 aliphatic rings. The molecule has 0 saturated carbocycles. The number of nitrogens with zero attached hydrogens (tertiary/aromatic N) is 3. The Labute approximate surface area is 142 Å². The fourth-order valence-electron chi connectivity index (χ4n) is 2.98. The maximum atomic E-state index is 12.5. The summed E-state index contributed by atoms with van der Waals surface area (Å²) in [6.45, 7) is 4.95. The van der Waals surface area contributed by atoms with Crippen molar-refractivity contribution in [3.8, 4) is 0 Å². The highest BCUT2D eigenvalue weighted by Gasteiger charge is 2.30. The molecule has 3 heterocycles. The number of rotatable bonds is 4. The van der Waals surface area contributed by atoms with Gasteiger partial charge in [0.1, 0.15) is 6.10 Å². The predicted molar refractivity (Wildman–Crippen MR) is 89.6 cm³/mol. The lowest BCUT2D eigenvalue weighted by molar-refractivity contribution is -0.0744. The van der Waals surface area contributed by atoms with E-state index in [9.17, 15) is 4.79 Å². The van der Waals surface area contributed by atoms with Gasteiger partial charge in [-0.2, -0.15) is 0 Å². The summed E-state index contributed by atoms with van der Waals surface area (Å²) in [4.78, 5) is 20.9. The van der Waals surface area contributed by atoms with Crippen LogP contribution < -0.4 is 5.32 Å². The van der Waals surface area contributed by atoms with Crippen molar-refractivity contribution in [2.45, 2.75) is 25.2 Å². The summed E-state index contributed by atoms with van der Waals surface area (Å²) in [6.07, 6.45) is 2.38. The Balaban J connectivity index is 1.51. The molecule has 7 heteroatoms. The Bertz CT molecular complexity index is 520. The maximum Gasteiger partial charge on any atom is 0.317 e. The number of hydrogen-bond acceptors (Lipinski definition) is 5. The zero-order chi connectivity index (χ0) is 16.8. The van der Waals surface area contributed by atoms with Crippen LogP contribution in [0.2, 0.25) is 0 Å². The minimum Gasteiger partial charge on any atom is -0.379 e. The summed E-state index contributed by atoms with van der Waals surface area (Å²) >= 11 is 0. The SMILES string of the molecule is CN1CCN(C(=O)N[C@@H]2CCOC[C@H]2OCc2ccccn2)CC1. The van der Waals surface area contributed by atoms with E-state index in [1.807, 2.05) is 23.1 Å². The number of carbonyl (C=O) groups excluding carboxylic acids is 1. The van der Waals surface area contributed by atoms with Gasteiger partial charge in [0.25, 0.3) is 0 Å². The van der Waals surface area contributed by atoms with Gasteiger partial charge in [0.15, 0.2) is 0 Å². The highest BCUT2D eigenvalue weighted by atomic mass is 16.5. The Kier molecular flexibility index (Phi) is 6.01. The van der Waals surface area contributed by atoms with Gasteiger partial charge in [0.2, 0.25) is 0 Å². The first kappa shape index (κ1) is 17.1. The first-order valence-electron chi connectivity index (χ1n) is 8.55. The van der Waals surface area contributed by atoms with Crippen molar-refractivity contribution in [1.82, 2.24) is 20.1 Å². The summed E-state index contributed by atoms with van der Waals surface area (Å²) in [5.41, 5.74) is 0.882. The molecule has 2 aliphatic heterocycles. The second-order valence-corrected chi connectivity index (χ2v) is 6.38. The van der Waals surface area contributed by atoms with Crippen molar-refractivity contribution in [3.63, 3.8) is 0 Å². The Morgan fingerprint density at radius 3 is 2.96 bits per heavy atom. The molecule has 2 saturated heterocycles. The number of aromatic nitrogens is 1. The number of ether oxygens (including phenoxy) is 2. The number of pyridine rings is 1. The third-order valence-electron chi connectivity index (χ3n) is 4.57. The molecule has 1 N–H and O–H groups in total. The second-order valence-electron chi connectivity index (χ2n) is 6.38. The van der Waals surface area contributed by atoms with Crippen LogP contribution in [0, 0.1) is 0 Å². The average Bonchev–Trinajstić information content (AvgIpc) is 2.62. The Morgan fingerprint density at radius 2 is 2.21 bits per heavy atom. The van der Waals surface area contributed by atoms with Crippen LogP contribution in [0.5, 0.6) is 0 Å². The summed E-state index contributed by atoms with van der Waals surface area (Å²) < 4.78 is 11.5. The monoisotopic (exact) mass is 334 g/mol. The zero-order valence-electron chi connectivity index (χ0n) is 14.2. The molecule has 0 bridgehead atoms. The summed E-state index contributed by atoms with van der Waals surface area (Å²) in [5, 5.41) is 3.13. The molecule has 1 aromatic heterocycles. The van der Waals surface area contributed by atoms with Crippen LogP contribution in [-0.2, 0) is 16.1 Å². The predicted octanol–water partition coefficient (Wildman–Crippen LogP) is 0.713. The van der Waals surface area contributed by atoms with E-state index in [0.717, 1.165) is 38.3 Å². The quantitative estimate of drug-likeness (QED) is 0.878. The average molecular weight is 334 g/mol. The minimum absolute atomic E-state index is 0.00133. The summed E-state index contributed by atoms with van der Waals surface area (Å²) in [6, 6.07) is 5.74. The lowest BCUT2D eigenvalue weighted by atomic mass is 10.1. The van der Waals surface area contributed by atoms with Crippen LogP contribution >= 0.6 is 0 Å². The third-order valence-corrected chi connectivity index (χ3v) is 4.57. The lowest BCUT2D eigenvalue weighted by Crippen LogP contribution is -2.56. The van der Waals surface area contributed by atoms with Crippen molar-refractivity contribution >= 4 is 6.03 Å². The van der Waals surface area contributed by atoms with E-state index in [1.165, 1.54) is 0 Å². The Morgan fingerprint density at radius 1 is 1.38 bits per heavy atom. The van der Waals surface area contributed by atoms with Crippen molar-refractivity contribution in [1.29, 1.82) is 0 Å². The maximum absolute atomic E-state index is 12.5. The lowest BCUT2D eigenvalue weighted by Gasteiger charge is -2.36. The van der Waals surface area contributed by atoms with E-state index >= 15 is 0 Å². The van der Waals surface area contributed by atoms with Gasteiger partial charge in [0, 0.05) is 39.0 Å². The molecule has 3 rings (SSSR count). The van der Waals surface area contributed by atoms with E-state index in [0.29, 0.717) is 19.8 Å². The van der Waals surface area contributed by atoms with Gasteiger partial charge >= 0.3 is 6.03 Å². The van der Waals surface area contributed by atoms with Gasteiger partial charge in [-0.3, -0.25) is 4.98 Å². The molecule has 0 unspecified atom stereocenters. The molecule has 1 aromatic rings. The van der Waals surface area contributed by atoms with E-state index in [2.05, 4.69) is 22.2 Å². The molecule has 2 fully saturated rings. The smallest absolute Gasteiger partial charge is 0.317 e. The number of likely N-dealkylation sites (N-methyl/N-ethyl adjacent to an activating group) is 1. The van der Waals surface area contributed by atoms with Crippen LogP contribution in [-0.4, -0.2) is 79.4 Å². The molecule has 2 atom stereocenters. The fourth-order valence-corrected chi connectivity index (χ4v) is 2.98. The fraction of sp³-hybridized carbons (Fsp3) is 0.647. The largest absolute Gasteiger partial charge is 0.379 e. The molecule has 0 aliphatic carbocycles. The van der Waals surface area contributed by atoms with Gasteiger partial charge in [-0.15, -0.1) is 0 Å². The van der Waals surface area contributed by atoms with Crippen LogP contribution in [0.1, 0.15) is 12.1 Å². The Hall–Kier alpha value is -1.70. The normalized spacial score (nSPS) is 25.5. The molecule has 2 amide bonds. The van der Waals surface area contributed by atoms with Gasteiger partial charge in [0.05, 0.1) is 24.9 Å². The number of piperazine rings is 1. The van der Waals surface area contributed by atoms with Gasteiger partial charge in [-0.1, -0.05) is 6.07 Å². The van der Waals surface area contributed by atoms with E-state index in [4.69, 9.17) is 9.47 Å². The second kappa shape index (κ2) is 8.41. The molecule has 0 spiro atoms. The van der Waals surface area contributed by atoms with Crippen molar-refractivity contribution in [2.75, 3.05) is 46.4 Å². The van der Waals surface area contributed by atoms with Gasteiger partial charge in [-0.05, 0) is 25.6 Å². The third kappa shape index (κ3) is 4.66. The number of carbonyl (C=O) groups is 1. The molecule has 7 nitrogen and oxygen atoms in total. The summed E-state index contributed by atoms with van der Waals surface area (Å²) in [7, 11) is 2.08. The van der Waals surface area contributed by atoms with Crippen molar-refractivity contribution in [3.05, 3.63) is 30.1 Å². The molecule has 0 aromatic carbocycles. The number of urea groups is 1. The number of hydrogen-bond donors (Lipinski definition) is 1.